The Bertz CT molecular complexity index is 1200. The average Bonchev–Trinajstić information content (AvgIpc) is 3.20. The molecule has 148 valence electrons. The number of aromatic amines is 1. The fraction of sp³-hybridized carbons (Fsp3) is 0.0435. The lowest BCUT2D eigenvalue weighted by molar-refractivity contribution is -0.384. The second kappa shape index (κ2) is 8.40. The summed E-state index contributed by atoms with van der Waals surface area (Å²) in [4.78, 5) is 31.2. The van der Waals surface area contributed by atoms with E-state index in [0.717, 1.165) is 16.6 Å². The Morgan fingerprint density at radius 3 is 2.40 bits per heavy atom. The summed E-state index contributed by atoms with van der Waals surface area (Å²) in [5, 5.41) is 13.8. The van der Waals surface area contributed by atoms with E-state index in [1.165, 1.54) is 12.1 Å². The highest BCUT2D eigenvalue weighted by atomic mass is 16.6. The number of nitrogens with zero attached hydrogens (tertiary/aromatic N) is 2. The molecule has 1 heterocycles. The molecule has 0 saturated carbocycles. The Hall–Kier alpha value is -4.26. The summed E-state index contributed by atoms with van der Waals surface area (Å²) >= 11 is 0. The number of carbonyl (C=O) groups excluding carboxylic acids is 1. The highest BCUT2D eigenvalue weighted by Crippen LogP contribution is 2.21. The van der Waals surface area contributed by atoms with Gasteiger partial charge in [0.2, 0.25) is 0 Å². The maximum absolute atomic E-state index is 13.0. The van der Waals surface area contributed by atoms with Crippen LogP contribution in [0.4, 0.5) is 5.69 Å². The minimum Gasteiger partial charge on any atom is -0.348 e. The van der Waals surface area contributed by atoms with Crippen molar-refractivity contribution in [1.82, 2.24) is 15.3 Å². The van der Waals surface area contributed by atoms with Gasteiger partial charge in [-0.25, -0.2) is 4.98 Å². The van der Waals surface area contributed by atoms with Crippen LogP contribution < -0.4 is 5.32 Å². The molecule has 1 aromatic heterocycles. The molecule has 0 unspecified atom stereocenters. The first-order chi connectivity index (χ1) is 14.6. The number of hydrogen-bond acceptors (Lipinski definition) is 4. The zero-order chi connectivity index (χ0) is 20.9. The largest absolute Gasteiger partial charge is 0.348 e. The van der Waals surface area contributed by atoms with Crippen LogP contribution in [-0.2, 0) is 11.3 Å². The third-order valence-corrected chi connectivity index (χ3v) is 4.60. The molecule has 0 aliphatic carbocycles. The maximum atomic E-state index is 13.0. The Kier molecular flexibility index (Phi) is 5.34. The SMILES string of the molecule is O=C(NCc1ccccc1)C(=Cc1ccc([N+](=O)[O-])cc1)c1nc2ccccc2[nH]1. The first-order valence-electron chi connectivity index (χ1n) is 9.33. The van der Waals surface area contributed by atoms with Crippen LogP contribution in [0, 0.1) is 10.1 Å². The summed E-state index contributed by atoms with van der Waals surface area (Å²) in [6, 6.07) is 23.1. The first-order valence-corrected chi connectivity index (χ1v) is 9.33. The number of non-ortho nitro benzene ring substituents is 1. The van der Waals surface area contributed by atoms with Crippen molar-refractivity contribution in [2.45, 2.75) is 6.54 Å². The van der Waals surface area contributed by atoms with Crippen molar-refractivity contribution in [1.29, 1.82) is 0 Å². The molecule has 0 saturated heterocycles. The molecule has 0 spiro atoms. The van der Waals surface area contributed by atoms with Gasteiger partial charge in [-0.2, -0.15) is 0 Å². The van der Waals surface area contributed by atoms with E-state index < -0.39 is 4.92 Å². The molecule has 0 fully saturated rings. The lowest BCUT2D eigenvalue weighted by atomic mass is 10.1. The molecule has 3 aromatic carbocycles. The standard InChI is InChI=1S/C23H18N4O3/c28-23(24-15-17-6-2-1-3-7-17)19(14-16-10-12-18(13-11-16)27(29)30)22-25-20-8-4-5-9-21(20)26-22/h1-14H,15H2,(H,24,28)(H,25,26). The summed E-state index contributed by atoms with van der Waals surface area (Å²) in [5.41, 5.74) is 3.54. The van der Waals surface area contributed by atoms with Crippen molar-refractivity contribution in [2.24, 2.45) is 0 Å². The van der Waals surface area contributed by atoms with Crippen LogP contribution in [0.2, 0.25) is 0 Å². The van der Waals surface area contributed by atoms with E-state index in [4.69, 9.17) is 0 Å². The summed E-state index contributed by atoms with van der Waals surface area (Å²) in [7, 11) is 0. The summed E-state index contributed by atoms with van der Waals surface area (Å²) in [6.45, 7) is 0.373. The molecule has 1 amide bonds. The zero-order valence-electron chi connectivity index (χ0n) is 15.9. The lowest BCUT2D eigenvalue weighted by Gasteiger charge is -2.08. The van der Waals surface area contributed by atoms with E-state index in [2.05, 4.69) is 15.3 Å². The van der Waals surface area contributed by atoms with Crippen LogP contribution in [0.15, 0.2) is 78.9 Å². The second-order valence-electron chi connectivity index (χ2n) is 6.68. The number of H-pyrrole nitrogens is 1. The fourth-order valence-corrected chi connectivity index (χ4v) is 3.05. The minimum atomic E-state index is -0.458. The van der Waals surface area contributed by atoms with E-state index in [-0.39, 0.29) is 11.6 Å². The number of fused-ring (bicyclic) bond motifs is 1. The molecule has 30 heavy (non-hydrogen) atoms. The summed E-state index contributed by atoms with van der Waals surface area (Å²) in [6.07, 6.45) is 1.67. The molecule has 0 aliphatic rings. The zero-order valence-corrected chi connectivity index (χ0v) is 15.9. The van der Waals surface area contributed by atoms with Gasteiger partial charge < -0.3 is 10.3 Å². The van der Waals surface area contributed by atoms with Crippen LogP contribution in [-0.4, -0.2) is 20.8 Å². The quantitative estimate of drug-likeness (QED) is 0.287. The van der Waals surface area contributed by atoms with Gasteiger partial charge in [0.15, 0.2) is 0 Å². The minimum absolute atomic E-state index is 0.00836. The number of rotatable bonds is 6. The van der Waals surface area contributed by atoms with Crippen LogP contribution in [0.3, 0.4) is 0 Å². The van der Waals surface area contributed by atoms with Crippen molar-refractivity contribution < 1.29 is 9.72 Å². The number of nitro groups is 1. The molecule has 0 atom stereocenters. The van der Waals surface area contributed by atoms with E-state index in [9.17, 15) is 14.9 Å². The number of para-hydroxylation sites is 2. The monoisotopic (exact) mass is 398 g/mol. The van der Waals surface area contributed by atoms with Crippen molar-refractivity contribution in [3.05, 3.63) is 106 Å². The predicted molar refractivity (Wildman–Crippen MR) is 115 cm³/mol. The topological polar surface area (TPSA) is 101 Å². The molecule has 0 bridgehead atoms. The van der Waals surface area contributed by atoms with Gasteiger partial charge in [-0.3, -0.25) is 14.9 Å². The van der Waals surface area contributed by atoms with Crippen molar-refractivity contribution in [3.63, 3.8) is 0 Å². The molecular formula is C23H18N4O3. The highest BCUT2D eigenvalue weighted by molar-refractivity contribution is 6.23. The van der Waals surface area contributed by atoms with Crippen molar-refractivity contribution in [3.8, 4) is 0 Å². The Morgan fingerprint density at radius 2 is 1.70 bits per heavy atom. The molecule has 4 rings (SSSR count). The van der Waals surface area contributed by atoms with Gasteiger partial charge in [-0.1, -0.05) is 42.5 Å². The number of hydrogen-bond donors (Lipinski definition) is 2. The number of aromatic nitrogens is 2. The fourth-order valence-electron chi connectivity index (χ4n) is 3.05. The second-order valence-corrected chi connectivity index (χ2v) is 6.68. The molecule has 4 aromatic rings. The molecular weight excluding hydrogens is 380 g/mol. The Labute approximate surface area is 172 Å². The van der Waals surface area contributed by atoms with E-state index in [0.29, 0.717) is 23.5 Å². The number of imidazole rings is 1. The third-order valence-electron chi connectivity index (χ3n) is 4.60. The van der Waals surface area contributed by atoms with Gasteiger partial charge in [-0.05, 0) is 41.5 Å². The summed E-state index contributed by atoms with van der Waals surface area (Å²) < 4.78 is 0. The van der Waals surface area contributed by atoms with Gasteiger partial charge >= 0.3 is 0 Å². The van der Waals surface area contributed by atoms with Gasteiger partial charge in [0, 0.05) is 18.7 Å². The van der Waals surface area contributed by atoms with Crippen LogP contribution in [0.5, 0.6) is 0 Å². The van der Waals surface area contributed by atoms with Gasteiger partial charge in [0.1, 0.15) is 5.82 Å². The van der Waals surface area contributed by atoms with E-state index in [1.807, 2.05) is 54.6 Å². The van der Waals surface area contributed by atoms with Crippen molar-refractivity contribution >= 4 is 34.3 Å². The highest BCUT2D eigenvalue weighted by Gasteiger charge is 2.16. The molecule has 0 radical (unpaired) electrons. The Balaban J connectivity index is 1.68. The molecule has 2 N–H and O–H groups in total. The normalized spacial score (nSPS) is 11.4. The van der Waals surface area contributed by atoms with Crippen LogP contribution in [0.25, 0.3) is 22.7 Å². The lowest BCUT2D eigenvalue weighted by Crippen LogP contribution is -2.24. The summed E-state index contributed by atoms with van der Waals surface area (Å²) in [5.74, 6) is 0.136. The predicted octanol–water partition coefficient (Wildman–Crippen LogP) is 4.33. The van der Waals surface area contributed by atoms with Crippen molar-refractivity contribution in [2.75, 3.05) is 0 Å². The molecule has 0 aliphatic heterocycles. The number of carbonyl (C=O) groups is 1. The van der Waals surface area contributed by atoms with E-state index >= 15 is 0 Å². The van der Waals surface area contributed by atoms with Crippen LogP contribution in [0.1, 0.15) is 17.0 Å². The third kappa shape index (κ3) is 4.25. The number of benzene rings is 3. The van der Waals surface area contributed by atoms with Gasteiger partial charge in [-0.15, -0.1) is 0 Å². The number of amides is 1. The smallest absolute Gasteiger partial charge is 0.269 e. The number of nitro benzene ring substituents is 1. The molecule has 7 nitrogen and oxygen atoms in total. The number of nitrogens with one attached hydrogen (secondary N) is 2. The van der Waals surface area contributed by atoms with Crippen LogP contribution >= 0.6 is 0 Å². The Morgan fingerprint density at radius 1 is 1.00 bits per heavy atom. The first kappa shape index (κ1) is 19.1. The van der Waals surface area contributed by atoms with E-state index in [1.54, 1.807) is 18.2 Å². The molecule has 7 heteroatoms. The average molecular weight is 398 g/mol. The van der Waals surface area contributed by atoms with Gasteiger partial charge in [0.25, 0.3) is 11.6 Å². The maximum Gasteiger partial charge on any atom is 0.269 e. The van der Waals surface area contributed by atoms with Gasteiger partial charge in [0.05, 0.1) is 21.5 Å².